The van der Waals surface area contributed by atoms with E-state index in [1.165, 1.54) is 30.4 Å². The molecule has 1 aliphatic heterocycles. The molecule has 0 radical (unpaired) electrons. The summed E-state index contributed by atoms with van der Waals surface area (Å²) in [6.07, 6.45) is 3.82. The van der Waals surface area contributed by atoms with E-state index in [0.717, 1.165) is 36.1 Å². The molecule has 0 aliphatic carbocycles. The first kappa shape index (κ1) is 16.1. The van der Waals surface area contributed by atoms with Crippen molar-refractivity contribution < 1.29 is 0 Å². The highest BCUT2D eigenvalue weighted by molar-refractivity contribution is 5.97. The Kier molecular flexibility index (Phi) is 4.41. The third-order valence-electron chi connectivity index (χ3n) is 5.31. The second-order valence-electron chi connectivity index (χ2n) is 6.93. The third-order valence-corrected chi connectivity index (χ3v) is 5.31. The van der Waals surface area contributed by atoms with Gasteiger partial charge in [0.05, 0.1) is 0 Å². The lowest BCUT2D eigenvalue weighted by Crippen LogP contribution is -2.32. The van der Waals surface area contributed by atoms with Gasteiger partial charge < -0.3 is 4.57 Å². The molecule has 2 aromatic carbocycles. The monoisotopic (exact) mass is 332 g/mol. The van der Waals surface area contributed by atoms with Crippen molar-refractivity contribution in [3.8, 4) is 11.1 Å². The normalized spacial score (nSPS) is 15.6. The van der Waals surface area contributed by atoms with E-state index >= 15 is 0 Å². The Bertz CT molecular complexity index is 937. The molecule has 4 rings (SSSR count). The fraction of sp³-hybridized carbons (Fsp3) is 0.318. The summed E-state index contributed by atoms with van der Waals surface area (Å²) in [5.74, 6) is 0. The topological polar surface area (TPSA) is 25.2 Å². The minimum Gasteiger partial charge on any atom is -0.313 e. The van der Waals surface area contributed by atoms with Crippen LogP contribution in [0.4, 0.5) is 0 Å². The summed E-state index contributed by atoms with van der Waals surface area (Å²) < 4.78 is 1.86. The average Bonchev–Trinajstić information content (AvgIpc) is 2.68. The number of hydrogen-bond donors (Lipinski definition) is 0. The van der Waals surface area contributed by atoms with Crippen LogP contribution in [0, 0.1) is 0 Å². The number of rotatable bonds is 3. The van der Waals surface area contributed by atoms with E-state index < -0.39 is 0 Å². The Labute approximate surface area is 148 Å². The molecule has 0 amide bonds. The van der Waals surface area contributed by atoms with Gasteiger partial charge in [0.2, 0.25) is 0 Å². The summed E-state index contributed by atoms with van der Waals surface area (Å²) in [6, 6.07) is 18.5. The summed E-state index contributed by atoms with van der Waals surface area (Å²) in [4.78, 5) is 15.4. The van der Waals surface area contributed by atoms with Gasteiger partial charge in [-0.1, -0.05) is 55.0 Å². The Morgan fingerprint density at radius 3 is 2.20 bits per heavy atom. The van der Waals surface area contributed by atoms with Crippen LogP contribution >= 0.6 is 0 Å². The van der Waals surface area contributed by atoms with Crippen molar-refractivity contribution in [3.63, 3.8) is 0 Å². The van der Waals surface area contributed by atoms with Crippen LogP contribution in [0.2, 0.25) is 0 Å². The molecule has 0 saturated carbocycles. The first-order valence-corrected chi connectivity index (χ1v) is 9.14. The maximum absolute atomic E-state index is 12.9. The van der Waals surface area contributed by atoms with Crippen LogP contribution in [-0.4, -0.2) is 22.6 Å². The number of pyridine rings is 1. The van der Waals surface area contributed by atoms with Gasteiger partial charge in [-0.25, -0.2) is 0 Å². The molecule has 0 N–H and O–H groups in total. The Balaban J connectivity index is 1.96. The zero-order chi connectivity index (χ0) is 17.2. The quantitative estimate of drug-likeness (QED) is 0.718. The average molecular weight is 332 g/mol. The van der Waals surface area contributed by atoms with Gasteiger partial charge in [0, 0.05) is 30.2 Å². The van der Waals surface area contributed by atoms with E-state index in [1.54, 1.807) is 0 Å². The van der Waals surface area contributed by atoms with E-state index in [2.05, 4.69) is 35.2 Å². The third kappa shape index (κ3) is 3.00. The van der Waals surface area contributed by atoms with Gasteiger partial charge >= 0.3 is 0 Å². The number of nitrogens with zero attached hydrogens (tertiary/aromatic N) is 2. The predicted molar refractivity (Wildman–Crippen MR) is 104 cm³/mol. The zero-order valence-electron chi connectivity index (χ0n) is 14.7. The molecule has 1 aliphatic rings. The molecule has 1 aromatic heterocycles. The van der Waals surface area contributed by atoms with Gasteiger partial charge in [-0.05, 0) is 42.9 Å². The minimum absolute atomic E-state index is 0.0993. The number of piperidine rings is 1. The minimum atomic E-state index is 0.0993. The molecular weight excluding hydrogens is 308 g/mol. The smallest absolute Gasteiger partial charge is 0.258 e. The Hall–Kier alpha value is -2.39. The predicted octanol–water partition coefficient (Wildman–Crippen LogP) is 4.19. The maximum atomic E-state index is 12.9. The van der Waals surface area contributed by atoms with Gasteiger partial charge in [0.1, 0.15) is 0 Å². The molecule has 0 spiro atoms. The molecule has 1 fully saturated rings. The van der Waals surface area contributed by atoms with E-state index in [9.17, 15) is 4.79 Å². The Morgan fingerprint density at radius 2 is 1.48 bits per heavy atom. The molecule has 0 unspecified atom stereocenters. The molecule has 3 nitrogen and oxygen atoms in total. The van der Waals surface area contributed by atoms with Crippen molar-refractivity contribution in [3.05, 3.63) is 70.6 Å². The molecule has 3 aromatic rings. The van der Waals surface area contributed by atoms with Gasteiger partial charge in [-0.3, -0.25) is 9.69 Å². The fourth-order valence-corrected chi connectivity index (χ4v) is 3.96. The van der Waals surface area contributed by atoms with Gasteiger partial charge in [0.15, 0.2) is 0 Å². The van der Waals surface area contributed by atoms with Gasteiger partial charge in [-0.2, -0.15) is 0 Å². The standard InChI is InChI=1S/C22H24N2O/c1-23-20(16-24-14-8-3-9-15-24)21(17-10-4-2-5-11-17)18-12-6-7-13-19(18)22(23)25/h2,4-7,10-13H,3,8-9,14-16H2,1H3. The van der Waals surface area contributed by atoms with Crippen LogP contribution in [0.3, 0.4) is 0 Å². The lowest BCUT2D eigenvalue weighted by atomic mass is 9.96. The maximum Gasteiger partial charge on any atom is 0.258 e. The van der Waals surface area contributed by atoms with E-state index in [0.29, 0.717) is 0 Å². The highest BCUT2D eigenvalue weighted by Gasteiger charge is 2.19. The number of likely N-dealkylation sites (tertiary alicyclic amines) is 1. The van der Waals surface area contributed by atoms with Crippen LogP contribution in [0.1, 0.15) is 25.0 Å². The molecule has 0 atom stereocenters. The summed E-state index contributed by atoms with van der Waals surface area (Å²) in [7, 11) is 1.92. The van der Waals surface area contributed by atoms with E-state index in [-0.39, 0.29) is 5.56 Å². The SMILES string of the molecule is Cn1c(CN2CCCCC2)c(-c2ccccc2)c2ccccc2c1=O. The molecule has 1 saturated heterocycles. The van der Waals surface area contributed by atoms with Crippen LogP contribution in [0.25, 0.3) is 21.9 Å². The summed E-state index contributed by atoms with van der Waals surface area (Å²) in [5, 5.41) is 1.86. The molecule has 25 heavy (non-hydrogen) atoms. The first-order chi connectivity index (χ1) is 12.3. The highest BCUT2D eigenvalue weighted by atomic mass is 16.1. The fourth-order valence-electron chi connectivity index (χ4n) is 3.96. The van der Waals surface area contributed by atoms with Crippen molar-refractivity contribution in [1.82, 2.24) is 9.47 Å². The van der Waals surface area contributed by atoms with Crippen molar-refractivity contribution >= 4 is 10.8 Å². The van der Waals surface area contributed by atoms with Crippen LogP contribution in [0.5, 0.6) is 0 Å². The van der Waals surface area contributed by atoms with E-state index in [1.807, 2.05) is 35.9 Å². The van der Waals surface area contributed by atoms with Crippen LogP contribution in [0.15, 0.2) is 59.4 Å². The van der Waals surface area contributed by atoms with Crippen molar-refractivity contribution in [2.45, 2.75) is 25.8 Å². The second-order valence-corrected chi connectivity index (χ2v) is 6.93. The molecular formula is C22H24N2O. The first-order valence-electron chi connectivity index (χ1n) is 9.14. The Morgan fingerprint density at radius 1 is 0.840 bits per heavy atom. The number of hydrogen-bond acceptors (Lipinski definition) is 2. The van der Waals surface area contributed by atoms with Crippen LogP contribution < -0.4 is 5.56 Å². The number of fused-ring (bicyclic) bond motifs is 1. The van der Waals surface area contributed by atoms with Crippen molar-refractivity contribution in [1.29, 1.82) is 0 Å². The lowest BCUT2D eigenvalue weighted by molar-refractivity contribution is 0.216. The molecule has 128 valence electrons. The van der Waals surface area contributed by atoms with Crippen molar-refractivity contribution in [2.75, 3.05) is 13.1 Å². The summed E-state index contributed by atoms with van der Waals surface area (Å²) in [6.45, 7) is 3.07. The van der Waals surface area contributed by atoms with Gasteiger partial charge in [0.25, 0.3) is 5.56 Å². The summed E-state index contributed by atoms with van der Waals surface area (Å²) >= 11 is 0. The van der Waals surface area contributed by atoms with E-state index in [4.69, 9.17) is 0 Å². The molecule has 2 heterocycles. The largest absolute Gasteiger partial charge is 0.313 e. The second kappa shape index (κ2) is 6.85. The number of aromatic nitrogens is 1. The summed E-state index contributed by atoms with van der Waals surface area (Å²) in [5.41, 5.74) is 3.60. The van der Waals surface area contributed by atoms with Crippen molar-refractivity contribution in [2.24, 2.45) is 7.05 Å². The highest BCUT2D eigenvalue weighted by Crippen LogP contribution is 2.31. The molecule has 3 heteroatoms. The lowest BCUT2D eigenvalue weighted by Gasteiger charge is -2.28. The van der Waals surface area contributed by atoms with Crippen LogP contribution in [-0.2, 0) is 13.6 Å². The molecule has 0 bridgehead atoms. The zero-order valence-corrected chi connectivity index (χ0v) is 14.7. The number of benzene rings is 2. The van der Waals surface area contributed by atoms with Gasteiger partial charge in [-0.15, -0.1) is 0 Å².